The SMILES string of the molecule is Cc1cc(C(c2ccccc2)c2ccc(N(c3ccccc3)c3ccccc3)cc2)c2ccccc2c1-c1c(C)cc(N(c2ccc(C(c3ccccc3)c3ccccc3)cc2)C2C=CC=CC2)c2ccccc12. The lowest BCUT2D eigenvalue weighted by Crippen LogP contribution is -2.30. The summed E-state index contributed by atoms with van der Waals surface area (Å²) in [6.45, 7) is 4.64. The molecule has 11 aromatic rings. The van der Waals surface area contributed by atoms with Crippen LogP contribution in [0, 0.1) is 13.8 Å². The van der Waals surface area contributed by atoms with Crippen LogP contribution in [0.1, 0.15) is 62.8 Å². The van der Waals surface area contributed by atoms with E-state index in [1.54, 1.807) is 0 Å². The summed E-state index contributed by atoms with van der Waals surface area (Å²) in [4.78, 5) is 4.91. The van der Waals surface area contributed by atoms with Gasteiger partial charge in [0.1, 0.15) is 0 Å². The fourth-order valence-electron chi connectivity index (χ4n) is 11.7. The molecule has 12 rings (SSSR count). The Hall–Kier alpha value is -8.98. The number of hydrogen-bond donors (Lipinski definition) is 0. The Morgan fingerprint density at radius 3 is 1.26 bits per heavy atom. The first-order valence-corrected chi connectivity index (χ1v) is 26.0. The first-order chi connectivity index (χ1) is 36.6. The molecule has 1 aliphatic carbocycles. The zero-order chi connectivity index (χ0) is 49.8. The molecule has 0 saturated carbocycles. The van der Waals surface area contributed by atoms with Crippen LogP contribution in [0.5, 0.6) is 0 Å². The Bertz CT molecular complexity index is 3670. The molecule has 0 aliphatic heterocycles. The van der Waals surface area contributed by atoms with Crippen molar-refractivity contribution in [3.63, 3.8) is 0 Å². The van der Waals surface area contributed by atoms with Crippen molar-refractivity contribution in [2.75, 3.05) is 9.80 Å². The van der Waals surface area contributed by atoms with Crippen molar-refractivity contribution in [2.45, 2.75) is 38.1 Å². The van der Waals surface area contributed by atoms with Gasteiger partial charge in [0.2, 0.25) is 0 Å². The quantitative estimate of drug-likeness (QED) is 0.106. The van der Waals surface area contributed by atoms with Crippen molar-refractivity contribution in [3.05, 3.63) is 330 Å². The summed E-state index contributed by atoms with van der Waals surface area (Å²) in [5, 5.41) is 5.02. The normalized spacial score (nSPS) is 13.6. The first-order valence-electron chi connectivity index (χ1n) is 26.0. The molecule has 0 radical (unpaired) electrons. The van der Waals surface area contributed by atoms with E-state index >= 15 is 0 Å². The van der Waals surface area contributed by atoms with Crippen molar-refractivity contribution in [3.8, 4) is 11.1 Å². The molecule has 0 fully saturated rings. The summed E-state index contributed by atoms with van der Waals surface area (Å²) in [6.07, 6.45) is 9.96. The number of allylic oxidation sites excluding steroid dienone is 2. The maximum absolute atomic E-state index is 2.58. The monoisotopic (exact) mass is 950 g/mol. The average Bonchev–Trinajstić information content (AvgIpc) is 3.46. The van der Waals surface area contributed by atoms with Crippen molar-refractivity contribution in [2.24, 2.45) is 0 Å². The number of anilines is 5. The number of hydrogen-bond acceptors (Lipinski definition) is 2. The lowest BCUT2D eigenvalue weighted by atomic mass is 9.79. The second kappa shape index (κ2) is 20.6. The van der Waals surface area contributed by atoms with Crippen LogP contribution < -0.4 is 9.80 Å². The molecular formula is C72H58N2. The van der Waals surface area contributed by atoms with Crippen molar-refractivity contribution >= 4 is 50.0 Å². The molecule has 0 aromatic heterocycles. The Balaban J connectivity index is 0.975. The first kappa shape index (κ1) is 46.1. The highest BCUT2D eigenvalue weighted by molar-refractivity contribution is 6.12. The Labute approximate surface area is 436 Å². The largest absolute Gasteiger partial charge is 0.334 e. The molecule has 0 amide bonds. The fraction of sp³-hybridized carbons (Fsp3) is 0.0833. The predicted molar refractivity (Wildman–Crippen MR) is 314 cm³/mol. The zero-order valence-corrected chi connectivity index (χ0v) is 42.0. The molecule has 2 atom stereocenters. The van der Waals surface area contributed by atoms with Gasteiger partial charge >= 0.3 is 0 Å². The van der Waals surface area contributed by atoms with Gasteiger partial charge in [0.25, 0.3) is 0 Å². The number of rotatable bonds is 13. The molecule has 0 heterocycles. The van der Waals surface area contributed by atoms with Gasteiger partial charge in [-0.25, -0.2) is 0 Å². The summed E-state index contributed by atoms with van der Waals surface area (Å²) < 4.78 is 0. The van der Waals surface area contributed by atoms with Gasteiger partial charge in [0.05, 0.1) is 6.04 Å². The number of benzene rings is 11. The molecule has 2 nitrogen and oxygen atoms in total. The summed E-state index contributed by atoms with van der Waals surface area (Å²) in [6, 6.07) is 96.0. The smallest absolute Gasteiger partial charge is 0.0560 e. The van der Waals surface area contributed by atoms with Crippen LogP contribution in [0.4, 0.5) is 28.4 Å². The summed E-state index contributed by atoms with van der Waals surface area (Å²) in [5.74, 6) is 0.127. The summed E-state index contributed by atoms with van der Waals surface area (Å²) >= 11 is 0. The second-order valence-corrected chi connectivity index (χ2v) is 19.6. The molecule has 0 N–H and O–H groups in total. The van der Waals surface area contributed by atoms with E-state index in [4.69, 9.17) is 0 Å². The van der Waals surface area contributed by atoms with Crippen LogP contribution >= 0.6 is 0 Å². The zero-order valence-electron chi connectivity index (χ0n) is 42.0. The van der Waals surface area contributed by atoms with E-state index in [1.807, 2.05) is 0 Å². The van der Waals surface area contributed by atoms with E-state index < -0.39 is 0 Å². The van der Waals surface area contributed by atoms with E-state index in [0.717, 1.165) is 23.5 Å². The average molecular weight is 951 g/mol. The van der Waals surface area contributed by atoms with Gasteiger partial charge < -0.3 is 9.80 Å². The minimum atomic E-state index is -0.00164. The third-order valence-electron chi connectivity index (χ3n) is 15.0. The van der Waals surface area contributed by atoms with Gasteiger partial charge in [-0.05, 0) is 147 Å². The molecule has 2 unspecified atom stereocenters. The lowest BCUT2D eigenvalue weighted by molar-refractivity contribution is 0.786. The Morgan fingerprint density at radius 2 is 0.743 bits per heavy atom. The van der Waals surface area contributed by atoms with Gasteiger partial charge in [-0.1, -0.05) is 231 Å². The highest BCUT2D eigenvalue weighted by Gasteiger charge is 2.27. The summed E-state index contributed by atoms with van der Waals surface area (Å²) in [7, 11) is 0. The molecule has 0 spiro atoms. The van der Waals surface area contributed by atoms with Crippen LogP contribution in [0.15, 0.2) is 285 Å². The Kier molecular flexibility index (Phi) is 12.9. The molecule has 11 aromatic carbocycles. The van der Waals surface area contributed by atoms with Crippen LogP contribution in [0.3, 0.4) is 0 Å². The van der Waals surface area contributed by atoms with Gasteiger partial charge in [0, 0.05) is 45.7 Å². The third-order valence-corrected chi connectivity index (χ3v) is 15.0. The van der Waals surface area contributed by atoms with E-state index in [0.29, 0.717) is 0 Å². The molecular weight excluding hydrogens is 893 g/mol. The minimum absolute atomic E-state index is 0.00164. The molecule has 0 saturated heterocycles. The number of fused-ring (bicyclic) bond motifs is 2. The van der Waals surface area contributed by atoms with Crippen molar-refractivity contribution < 1.29 is 0 Å². The maximum atomic E-state index is 2.58. The molecule has 2 heteroatoms. The van der Waals surface area contributed by atoms with E-state index in [-0.39, 0.29) is 17.9 Å². The highest BCUT2D eigenvalue weighted by atomic mass is 15.2. The maximum Gasteiger partial charge on any atom is 0.0560 e. The van der Waals surface area contributed by atoms with Crippen LogP contribution in [-0.4, -0.2) is 6.04 Å². The van der Waals surface area contributed by atoms with Gasteiger partial charge in [-0.3, -0.25) is 0 Å². The highest BCUT2D eigenvalue weighted by Crippen LogP contribution is 2.48. The van der Waals surface area contributed by atoms with Crippen molar-refractivity contribution in [1.82, 2.24) is 0 Å². The van der Waals surface area contributed by atoms with Gasteiger partial charge in [-0.15, -0.1) is 0 Å². The van der Waals surface area contributed by atoms with Crippen molar-refractivity contribution in [1.29, 1.82) is 0 Å². The van der Waals surface area contributed by atoms with Gasteiger partial charge in [0.15, 0.2) is 0 Å². The van der Waals surface area contributed by atoms with E-state index in [1.165, 1.54) is 88.6 Å². The number of aryl methyl sites for hydroxylation is 2. The lowest BCUT2D eigenvalue weighted by Gasteiger charge is -2.35. The van der Waals surface area contributed by atoms with E-state index in [2.05, 4.69) is 309 Å². The molecule has 74 heavy (non-hydrogen) atoms. The van der Waals surface area contributed by atoms with Crippen LogP contribution in [0.2, 0.25) is 0 Å². The topological polar surface area (TPSA) is 6.48 Å². The molecule has 0 bridgehead atoms. The number of nitrogens with zero attached hydrogens (tertiary/aromatic N) is 2. The molecule has 1 aliphatic rings. The van der Waals surface area contributed by atoms with Gasteiger partial charge in [-0.2, -0.15) is 0 Å². The van der Waals surface area contributed by atoms with E-state index in [9.17, 15) is 0 Å². The standard InChI is InChI=1S/C72H58N2/c1-51-49-67(72(55-29-13-5-14-30-55)57-43-45-61(46-44-57)73(58-31-15-6-16-32-58)59-33-17-7-18-34-59)63-37-21-23-39-65(63)69(51)70-52(2)50-68(64-38-22-24-40-66(64)70)74(60-35-19-8-20-36-60)62-47-41-56(42-48-62)71(53-25-9-3-10-26-53)54-27-11-4-12-28-54/h3-35,37-50,60,71-72H,36H2,1-2H3. The third kappa shape index (κ3) is 8.90. The summed E-state index contributed by atoms with van der Waals surface area (Å²) in [5.41, 5.74) is 18.5. The minimum Gasteiger partial charge on any atom is -0.334 e. The molecule has 356 valence electrons. The fourth-order valence-corrected chi connectivity index (χ4v) is 11.7. The Morgan fingerprint density at radius 1 is 0.351 bits per heavy atom. The number of para-hydroxylation sites is 2. The second-order valence-electron chi connectivity index (χ2n) is 19.6. The van der Waals surface area contributed by atoms with Crippen LogP contribution in [0.25, 0.3) is 32.7 Å². The predicted octanol–water partition coefficient (Wildman–Crippen LogP) is 19.1. The van der Waals surface area contributed by atoms with Crippen LogP contribution in [-0.2, 0) is 0 Å².